The Morgan fingerprint density at radius 3 is 2.69 bits per heavy atom. The zero-order valence-corrected chi connectivity index (χ0v) is 8.97. The Balaban J connectivity index is 2.48. The molecule has 0 aliphatic carbocycles. The lowest BCUT2D eigenvalue weighted by molar-refractivity contribution is -0.121. The van der Waals surface area contributed by atoms with Gasteiger partial charge in [0.05, 0.1) is 0 Å². The van der Waals surface area contributed by atoms with Crippen LogP contribution in [-0.2, 0) is 11.3 Å². The Hall–Kier alpha value is -1.49. The van der Waals surface area contributed by atoms with E-state index in [0.717, 1.165) is 12.1 Å². The number of carbonyl (C=O) groups excluding carboxylic acids is 1. The van der Waals surface area contributed by atoms with Crippen LogP contribution in [0.2, 0.25) is 0 Å². The van der Waals surface area contributed by atoms with Gasteiger partial charge in [0.25, 0.3) is 0 Å². The second-order valence-corrected chi connectivity index (χ2v) is 3.71. The van der Waals surface area contributed by atoms with Crippen LogP contribution in [0.3, 0.4) is 0 Å². The first-order chi connectivity index (χ1) is 7.49. The standard InChI is InChI=1S/C11H14F2N2O/c1-7(14)4-11(16)15-6-8-2-3-9(12)10(13)5-8/h2-3,5,7H,4,6,14H2,1H3,(H,15,16). The minimum atomic E-state index is -0.918. The number of amides is 1. The highest BCUT2D eigenvalue weighted by Gasteiger charge is 2.06. The van der Waals surface area contributed by atoms with E-state index in [-0.39, 0.29) is 24.9 Å². The quantitative estimate of drug-likeness (QED) is 0.816. The highest BCUT2D eigenvalue weighted by molar-refractivity contribution is 5.76. The number of nitrogens with one attached hydrogen (secondary N) is 1. The third kappa shape index (κ3) is 3.94. The number of carbonyl (C=O) groups is 1. The lowest BCUT2D eigenvalue weighted by Gasteiger charge is -2.07. The molecule has 1 aromatic rings. The van der Waals surface area contributed by atoms with Gasteiger partial charge >= 0.3 is 0 Å². The van der Waals surface area contributed by atoms with Gasteiger partial charge in [-0.25, -0.2) is 8.78 Å². The van der Waals surface area contributed by atoms with E-state index >= 15 is 0 Å². The van der Waals surface area contributed by atoms with E-state index in [1.54, 1.807) is 6.92 Å². The summed E-state index contributed by atoms with van der Waals surface area (Å²) in [6, 6.07) is 3.29. The summed E-state index contributed by atoms with van der Waals surface area (Å²) >= 11 is 0. The molecule has 0 aromatic heterocycles. The maximum Gasteiger partial charge on any atom is 0.221 e. The Bertz CT molecular complexity index is 380. The molecular formula is C11H14F2N2O. The smallest absolute Gasteiger partial charge is 0.221 e. The van der Waals surface area contributed by atoms with Gasteiger partial charge in [-0.2, -0.15) is 0 Å². The maximum absolute atomic E-state index is 12.8. The van der Waals surface area contributed by atoms with Crippen LogP contribution in [-0.4, -0.2) is 11.9 Å². The first-order valence-corrected chi connectivity index (χ1v) is 4.95. The molecule has 0 heterocycles. The van der Waals surface area contributed by atoms with Crippen molar-refractivity contribution in [3.63, 3.8) is 0 Å². The molecule has 16 heavy (non-hydrogen) atoms. The maximum atomic E-state index is 12.8. The highest BCUT2D eigenvalue weighted by atomic mass is 19.2. The molecule has 0 fully saturated rings. The van der Waals surface area contributed by atoms with E-state index < -0.39 is 11.6 Å². The van der Waals surface area contributed by atoms with Crippen molar-refractivity contribution in [2.45, 2.75) is 25.9 Å². The molecule has 88 valence electrons. The normalized spacial score (nSPS) is 12.2. The summed E-state index contributed by atoms with van der Waals surface area (Å²) < 4.78 is 25.4. The van der Waals surface area contributed by atoms with Crippen molar-refractivity contribution in [2.75, 3.05) is 0 Å². The minimum absolute atomic E-state index is 0.169. The second kappa shape index (κ2) is 5.55. The summed E-state index contributed by atoms with van der Waals surface area (Å²) in [7, 11) is 0. The van der Waals surface area contributed by atoms with Crippen molar-refractivity contribution in [1.82, 2.24) is 5.32 Å². The van der Waals surface area contributed by atoms with Gasteiger partial charge in [-0.3, -0.25) is 4.79 Å². The molecule has 0 saturated carbocycles. The van der Waals surface area contributed by atoms with Crippen molar-refractivity contribution >= 4 is 5.91 Å². The molecule has 3 N–H and O–H groups in total. The summed E-state index contributed by atoms with van der Waals surface area (Å²) in [4.78, 5) is 11.2. The SMILES string of the molecule is CC(N)CC(=O)NCc1ccc(F)c(F)c1. The van der Waals surface area contributed by atoms with Crippen LogP contribution in [0.25, 0.3) is 0 Å². The summed E-state index contributed by atoms with van der Waals surface area (Å²) in [5.41, 5.74) is 5.95. The van der Waals surface area contributed by atoms with E-state index in [1.807, 2.05) is 0 Å². The predicted octanol–water partition coefficient (Wildman–Crippen LogP) is 1.32. The van der Waals surface area contributed by atoms with Gasteiger partial charge in [0.1, 0.15) is 0 Å². The molecule has 0 aliphatic heterocycles. The van der Waals surface area contributed by atoms with Gasteiger partial charge in [-0.1, -0.05) is 6.07 Å². The van der Waals surface area contributed by atoms with Crippen molar-refractivity contribution < 1.29 is 13.6 Å². The molecule has 0 aliphatic rings. The van der Waals surface area contributed by atoms with E-state index in [2.05, 4.69) is 5.32 Å². The molecule has 1 amide bonds. The number of hydrogen-bond acceptors (Lipinski definition) is 2. The summed E-state index contributed by atoms with van der Waals surface area (Å²) in [6.45, 7) is 1.89. The van der Waals surface area contributed by atoms with Gasteiger partial charge in [0.15, 0.2) is 11.6 Å². The van der Waals surface area contributed by atoms with Crippen LogP contribution < -0.4 is 11.1 Å². The number of benzene rings is 1. The highest BCUT2D eigenvalue weighted by Crippen LogP contribution is 2.08. The van der Waals surface area contributed by atoms with Gasteiger partial charge < -0.3 is 11.1 Å². The van der Waals surface area contributed by atoms with Gasteiger partial charge in [0, 0.05) is 19.0 Å². The van der Waals surface area contributed by atoms with Crippen molar-refractivity contribution in [2.24, 2.45) is 5.73 Å². The topological polar surface area (TPSA) is 55.1 Å². The minimum Gasteiger partial charge on any atom is -0.352 e. The molecular weight excluding hydrogens is 214 g/mol. The van der Waals surface area contributed by atoms with Crippen LogP contribution in [0.15, 0.2) is 18.2 Å². The van der Waals surface area contributed by atoms with Crippen LogP contribution in [0.5, 0.6) is 0 Å². The lowest BCUT2D eigenvalue weighted by atomic mass is 10.2. The number of nitrogens with two attached hydrogens (primary N) is 1. The molecule has 0 spiro atoms. The van der Waals surface area contributed by atoms with E-state index in [4.69, 9.17) is 5.73 Å². The molecule has 0 saturated heterocycles. The van der Waals surface area contributed by atoms with E-state index in [1.165, 1.54) is 6.07 Å². The number of halogens is 2. The first kappa shape index (κ1) is 12.6. The molecule has 1 unspecified atom stereocenters. The lowest BCUT2D eigenvalue weighted by Crippen LogP contribution is -2.29. The van der Waals surface area contributed by atoms with Gasteiger partial charge in [0.2, 0.25) is 5.91 Å². The van der Waals surface area contributed by atoms with E-state index in [9.17, 15) is 13.6 Å². The molecule has 0 bridgehead atoms. The Morgan fingerprint density at radius 2 is 2.12 bits per heavy atom. The average molecular weight is 228 g/mol. The molecule has 1 aromatic carbocycles. The Morgan fingerprint density at radius 1 is 1.44 bits per heavy atom. The number of rotatable bonds is 4. The largest absolute Gasteiger partial charge is 0.352 e. The Labute approximate surface area is 92.6 Å². The first-order valence-electron chi connectivity index (χ1n) is 4.95. The molecule has 5 heteroatoms. The fourth-order valence-corrected chi connectivity index (χ4v) is 1.21. The molecule has 1 atom stereocenters. The zero-order valence-electron chi connectivity index (χ0n) is 8.97. The number of hydrogen-bond donors (Lipinski definition) is 2. The van der Waals surface area contributed by atoms with E-state index in [0.29, 0.717) is 5.56 Å². The van der Waals surface area contributed by atoms with Crippen molar-refractivity contribution in [1.29, 1.82) is 0 Å². The molecule has 1 rings (SSSR count). The van der Waals surface area contributed by atoms with Gasteiger partial charge in [-0.15, -0.1) is 0 Å². The predicted molar refractivity (Wildman–Crippen MR) is 56.5 cm³/mol. The second-order valence-electron chi connectivity index (χ2n) is 3.71. The summed E-state index contributed by atoms with van der Waals surface area (Å²) in [6.07, 6.45) is 0.212. The van der Waals surface area contributed by atoms with Crippen molar-refractivity contribution in [3.05, 3.63) is 35.4 Å². The van der Waals surface area contributed by atoms with Gasteiger partial charge in [-0.05, 0) is 24.6 Å². The zero-order chi connectivity index (χ0) is 12.1. The fraction of sp³-hybridized carbons (Fsp3) is 0.364. The summed E-state index contributed by atoms with van der Waals surface area (Å²) in [5, 5.41) is 2.57. The average Bonchev–Trinajstić information content (AvgIpc) is 2.19. The monoisotopic (exact) mass is 228 g/mol. The molecule has 0 radical (unpaired) electrons. The van der Waals surface area contributed by atoms with Crippen molar-refractivity contribution in [3.8, 4) is 0 Å². The third-order valence-electron chi connectivity index (χ3n) is 1.98. The van der Waals surface area contributed by atoms with Crippen LogP contribution in [0, 0.1) is 11.6 Å². The third-order valence-corrected chi connectivity index (χ3v) is 1.98. The van der Waals surface area contributed by atoms with Crippen LogP contribution >= 0.6 is 0 Å². The fourth-order valence-electron chi connectivity index (χ4n) is 1.21. The summed E-state index contributed by atoms with van der Waals surface area (Å²) in [5.74, 6) is -2.02. The van der Waals surface area contributed by atoms with Crippen LogP contribution in [0.4, 0.5) is 8.78 Å². The Kier molecular flexibility index (Phi) is 4.37. The van der Waals surface area contributed by atoms with Crippen LogP contribution in [0.1, 0.15) is 18.9 Å². The molecule has 3 nitrogen and oxygen atoms in total.